The Labute approximate surface area is 119 Å². The molecule has 0 radical (unpaired) electrons. The van der Waals surface area contributed by atoms with E-state index in [1.807, 2.05) is 0 Å². The number of anilines is 1. The van der Waals surface area contributed by atoms with E-state index in [0.717, 1.165) is 0 Å². The molecule has 0 aliphatic rings. The molecule has 104 valence electrons. The van der Waals surface area contributed by atoms with Gasteiger partial charge in [-0.15, -0.1) is 0 Å². The van der Waals surface area contributed by atoms with E-state index in [1.165, 1.54) is 42.6 Å². The molecule has 0 atom stereocenters. The minimum Gasteiger partial charge on any atom is -0.273 e. The first kappa shape index (κ1) is 14.2. The summed E-state index contributed by atoms with van der Waals surface area (Å²) in [6.45, 7) is 0. The second kappa shape index (κ2) is 5.43. The molecule has 0 spiro atoms. The van der Waals surface area contributed by atoms with Crippen LogP contribution in [0, 0.1) is 10.1 Å². The molecule has 0 amide bonds. The van der Waals surface area contributed by atoms with Crippen molar-refractivity contribution in [3.05, 3.63) is 57.9 Å². The molecule has 7 nitrogen and oxygen atoms in total. The number of aromatic nitrogens is 1. The lowest BCUT2D eigenvalue weighted by atomic mass is 10.3. The third-order valence-electron chi connectivity index (χ3n) is 2.36. The van der Waals surface area contributed by atoms with Gasteiger partial charge in [0.1, 0.15) is 15.7 Å². The Kier molecular flexibility index (Phi) is 3.86. The van der Waals surface area contributed by atoms with Crippen molar-refractivity contribution in [2.24, 2.45) is 0 Å². The fourth-order valence-electron chi connectivity index (χ4n) is 1.49. The lowest BCUT2D eigenvalue weighted by molar-refractivity contribution is -0.383. The van der Waals surface area contributed by atoms with Crippen LogP contribution in [0.2, 0.25) is 5.15 Å². The van der Waals surface area contributed by atoms with E-state index in [9.17, 15) is 18.5 Å². The molecule has 0 saturated carbocycles. The van der Waals surface area contributed by atoms with Crippen molar-refractivity contribution in [1.82, 2.24) is 4.98 Å². The molecule has 1 heterocycles. The summed E-state index contributed by atoms with van der Waals surface area (Å²) < 4.78 is 26.4. The van der Waals surface area contributed by atoms with Gasteiger partial charge >= 0.3 is 0 Å². The molecule has 0 saturated heterocycles. The minimum atomic E-state index is -4.05. The van der Waals surface area contributed by atoms with Gasteiger partial charge in [-0.3, -0.25) is 14.8 Å². The third kappa shape index (κ3) is 2.86. The number of pyridine rings is 1. The van der Waals surface area contributed by atoms with Gasteiger partial charge in [-0.05, 0) is 18.2 Å². The van der Waals surface area contributed by atoms with Gasteiger partial charge in [0.15, 0.2) is 0 Å². The van der Waals surface area contributed by atoms with E-state index < -0.39 is 14.9 Å². The van der Waals surface area contributed by atoms with E-state index in [0.29, 0.717) is 0 Å². The summed E-state index contributed by atoms with van der Waals surface area (Å²) in [5.74, 6) is 0. The molecular formula is C11H8ClN3O4S. The summed E-state index contributed by atoms with van der Waals surface area (Å²) in [4.78, 5) is 13.6. The zero-order valence-corrected chi connectivity index (χ0v) is 11.4. The third-order valence-corrected chi connectivity index (χ3v) is 4.17. The van der Waals surface area contributed by atoms with Gasteiger partial charge in [0.2, 0.25) is 0 Å². The Morgan fingerprint density at radius 3 is 2.55 bits per heavy atom. The molecule has 1 aromatic carbocycles. The van der Waals surface area contributed by atoms with Crippen molar-refractivity contribution in [1.29, 1.82) is 0 Å². The summed E-state index contributed by atoms with van der Waals surface area (Å²) in [5, 5.41) is 10.6. The Hall–Kier alpha value is -2.19. The smallest absolute Gasteiger partial charge is 0.273 e. The molecule has 2 aromatic rings. The minimum absolute atomic E-state index is 0.141. The molecule has 1 aromatic heterocycles. The maximum atomic E-state index is 12.1. The van der Waals surface area contributed by atoms with Gasteiger partial charge in [0, 0.05) is 12.3 Å². The van der Waals surface area contributed by atoms with Gasteiger partial charge in [-0.2, -0.15) is 0 Å². The van der Waals surface area contributed by atoms with Crippen LogP contribution in [0.25, 0.3) is 0 Å². The Bertz CT molecular complexity index is 764. The average molecular weight is 314 g/mol. The van der Waals surface area contributed by atoms with Gasteiger partial charge in [0.25, 0.3) is 15.7 Å². The van der Waals surface area contributed by atoms with Crippen LogP contribution >= 0.6 is 11.6 Å². The first-order valence-corrected chi connectivity index (χ1v) is 7.14. The Balaban J connectivity index is 2.45. The number of nitro benzene ring substituents is 1. The highest BCUT2D eigenvalue weighted by molar-refractivity contribution is 7.92. The lowest BCUT2D eigenvalue weighted by Crippen LogP contribution is -2.14. The largest absolute Gasteiger partial charge is 0.293 e. The molecule has 1 N–H and O–H groups in total. The maximum absolute atomic E-state index is 12.1. The number of hydrogen-bond donors (Lipinski definition) is 1. The maximum Gasteiger partial charge on any atom is 0.293 e. The van der Waals surface area contributed by atoms with Crippen molar-refractivity contribution >= 4 is 33.0 Å². The molecule has 0 unspecified atom stereocenters. The number of nitrogens with one attached hydrogen (secondary N) is 1. The summed E-state index contributed by atoms with van der Waals surface area (Å²) in [6.07, 6.45) is 1.34. The summed E-state index contributed by atoms with van der Waals surface area (Å²) in [7, 11) is -4.05. The first-order valence-electron chi connectivity index (χ1n) is 5.28. The predicted molar refractivity (Wildman–Crippen MR) is 73.2 cm³/mol. The van der Waals surface area contributed by atoms with Crippen LogP contribution < -0.4 is 4.72 Å². The Morgan fingerprint density at radius 1 is 1.20 bits per heavy atom. The molecule has 2 rings (SSSR count). The van der Waals surface area contributed by atoms with E-state index in [-0.39, 0.29) is 21.4 Å². The highest BCUT2D eigenvalue weighted by Gasteiger charge is 2.22. The topological polar surface area (TPSA) is 102 Å². The van der Waals surface area contributed by atoms with Gasteiger partial charge < -0.3 is 0 Å². The fraction of sp³-hybridized carbons (Fsp3) is 0. The van der Waals surface area contributed by atoms with Crippen molar-refractivity contribution < 1.29 is 13.3 Å². The summed E-state index contributed by atoms with van der Waals surface area (Å²) in [6, 6.07) is 8.07. The molecule has 9 heteroatoms. The molecule has 0 aliphatic heterocycles. The van der Waals surface area contributed by atoms with E-state index in [2.05, 4.69) is 9.71 Å². The van der Waals surface area contributed by atoms with Gasteiger partial charge in [0.05, 0.1) is 4.92 Å². The van der Waals surface area contributed by atoms with Crippen molar-refractivity contribution in [3.8, 4) is 0 Å². The number of sulfonamides is 1. The number of nitro groups is 1. The van der Waals surface area contributed by atoms with E-state index in [1.54, 1.807) is 0 Å². The zero-order chi connectivity index (χ0) is 14.8. The predicted octanol–water partition coefficient (Wildman–Crippen LogP) is 2.44. The normalized spacial score (nSPS) is 11.1. The van der Waals surface area contributed by atoms with E-state index in [4.69, 9.17) is 11.6 Å². The van der Waals surface area contributed by atoms with Crippen LogP contribution in [0.15, 0.2) is 47.5 Å². The number of rotatable bonds is 4. The molecule has 20 heavy (non-hydrogen) atoms. The lowest BCUT2D eigenvalue weighted by Gasteiger charge is -2.08. The number of para-hydroxylation sites is 2. The van der Waals surface area contributed by atoms with Crippen molar-refractivity contribution in [2.75, 3.05) is 4.72 Å². The fourth-order valence-corrected chi connectivity index (χ4v) is 3.02. The SMILES string of the molecule is O=[N+]([O-])c1ccccc1NS(=O)(=O)c1cccnc1Cl. The molecular weight excluding hydrogens is 306 g/mol. The van der Waals surface area contributed by atoms with Crippen LogP contribution in [0.3, 0.4) is 0 Å². The van der Waals surface area contributed by atoms with Gasteiger partial charge in [-0.1, -0.05) is 23.7 Å². The first-order chi connectivity index (χ1) is 9.42. The Morgan fingerprint density at radius 2 is 1.90 bits per heavy atom. The standard InChI is InChI=1S/C11H8ClN3O4S/c12-11-10(6-3-7-13-11)20(18,19)14-8-4-1-2-5-9(8)15(16)17/h1-7,14H. The number of halogens is 1. The molecule has 0 bridgehead atoms. The monoisotopic (exact) mass is 313 g/mol. The summed E-state index contributed by atoms with van der Waals surface area (Å²) >= 11 is 5.71. The van der Waals surface area contributed by atoms with Crippen molar-refractivity contribution in [2.45, 2.75) is 4.90 Å². The van der Waals surface area contributed by atoms with Crippen LogP contribution in [0.5, 0.6) is 0 Å². The number of benzene rings is 1. The highest BCUT2D eigenvalue weighted by Crippen LogP contribution is 2.27. The summed E-state index contributed by atoms with van der Waals surface area (Å²) in [5.41, 5.74) is -0.492. The molecule has 0 aliphatic carbocycles. The van der Waals surface area contributed by atoms with Crippen molar-refractivity contribution in [3.63, 3.8) is 0 Å². The second-order valence-electron chi connectivity index (χ2n) is 3.67. The van der Waals surface area contributed by atoms with E-state index >= 15 is 0 Å². The second-order valence-corrected chi connectivity index (χ2v) is 5.68. The quantitative estimate of drug-likeness (QED) is 0.530. The number of nitrogens with zero attached hydrogens (tertiary/aromatic N) is 2. The van der Waals surface area contributed by atoms with Crippen LogP contribution in [0.1, 0.15) is 0 Å². The molecule has 0 fully saturated rings. The average Bonchev–Trinajstić information content (AvgIpc) is 2.39. The highest BCUT2D eigenvalue weighted by atomic mass is 35.5. The van der Waals surface area contributed by atoms with Crippen LogP contribution in [0.4, 0.5) is 11.4 Å². The number of hydrogen-bond acceptors (Lipinski definition) is 5. The van der Waals surface area contributed by atoms with Crippen LogP contribution in [-0.4, -0.2) is 18.3 Å². The van der Waals surface area contributed by atoms with Crippen LogP contribution in [-0.2, 0) is 10.0 Å². The van der Waals surface area contributed by atoms with Gasteiger partial charge in [-0.25, -0.2) is 13.4 Å². The zero-order valence-electron chi connectivity index (χ0n) is 9.86.